The number of hydrogen-bond donors (Lipinski definition) is 1. The average molecular weight is 319 g/mol. The summed E-state index contributed by atoms with van der Waals surface area (Å²) in [6, 6.07) is 14.4. The van der Waals surface area contributed by atoms with E-state index in [4.69, 9.17) is 9.52 Å². The molecule has 0 aliphatic heterocycles. The topological polar surface area (TPSA) is 81.2 Å². The van der Waals surface area contributed by atoms with Gasteiger partial charge in [0.1, 0.15) is 0 Å². The van der Waals surface area contributed by atoms with E-state index < -0.39 is 5.97 Å². The lowest BCUT2D eigenvalue weighted by Crippen LogP contribution is -1.95. The molecule has 0 bridgehead atoms. The van der Waals surface area contributed by atoms with E-state index in [0.29, 0.717) is 17.3 Å². The second kappa shape index (κ2) is 5.34. The van der Waals surface area contributed by atoms with Crippen molar-refractivity contribution in [1.29, 1.82) is 0 Å². The molecule has 24 heavy (non-hydrogen) atoms. The molecule has 118 valence electrons. The molecule has 0 amide bonds. The molecule has 4 rings (SSSR count). The van der Waals surface area contributed by atoms with E-state index in [2.05, 4.69) is 10.2 Å². The highest BCUT2D eigenvalue weighted by Gasteiger charge is 2.16. The van der Waals surface area contributed by atoms with Crippen LogP contribution in [-0.2, 0) is 7.05 Å². The number of aromatic nitrogens is 3. The van der Waals surface area contributed by atoms with Crippen LogP contribution in [0.2, 0.25) is 0 Å². The Balaban J connectivity index is 1.80. The fraction of sp³-hybridized carbons (Fsp3) is 0.0556. The largest absolute Gasteiger partial charge is 0.478 e. The van der Waals surface area contributed by atoms with Crippen molar-refractivity contribution in [3.05, 3.63) is 60.3 Å². The number of hydrogen-bond acceptors (Lipinski definition) is 4. The first-order chi connectivity index (χ1) is 11.6. The van der Waals surface area contributed by atoms with E-state index in [1.807, 2.05) is 42.1 Å². The van der Waals surface area contributed by atoms with Crippen LogP contribution in [0.3, 0.4) is 0 Å². The van der Waals surface area contributed by atoms with E-state index in [1.54, 1.807) is 12.1 Å². The monoisotopic (exact) mass is 319 g/mol. The van der Waals surface area contributed by atoms with Crippen molar-refractivity contribution in [3.8, 4) is 22.9 Å². The third-order valence-electron chi connectivity index (χ3n) is 3.91. The number of fused-ring (bicyclic) bond motifs is 1. The maximum atomic E-state index is 11.1. The number of carboxylic acid groups (broad SMARTS) is 1. The molecular weight excluding hydrogens is 306 g/mol. The van der Waals surface area contributed by atoms with Gasteiger partial charge in [-0.2, -0.15) is 0 Å². The number of carbonyl (C=O) groups is 1. The van der Waals surface area contributed by atoms with Gasteiger partial charge in [0.15, 0.2) is 0 Å². The Labute approximate surface area is 137 Å². The van der Waals surface area contributed by atoms with Crippen LogP contribution in [0.15, 0.2) is 59.1 Å². The summed E-state index contributed by atoms with van der Waals surface area (Å²) in [5.41, 5.74) is 2.67. The summed E-state index contributed by atoms with van der Waals surface area (Å²) in [6.07, 6.45) is 1.94. The highest BCUT2D eigenvalue weighted by molar-refractivity contribution is 5.94. The summed E-state index contributed by atoms with van der Waals surface area (Å²) in [5.74, 6) is -0.297. The van der Waals surface area contributed by atoms with Crippen LogP contribution in [0, 0.1) is 0 Å². The number of rotatable bonds is 3. The van der Waals surface area contributed by atoms with E-state index in [-0.39, 0.29) is 5.56 Å². The Hall–Kier alpha value is -3.41. The molecule has 0 aliphatic carbocycles. The Morgan fingerprint density at radius 2 is 1.88 bits per heavy atom. The van der Waals surface area contributed by atoms with Crippen molar-refractivity contribution in [2.24, 2.45) is 7.05 Å². The standard InChI is InChI=1S/C18H13N3O3/c1-21-10-14(13-7-2-3-8-15(13)21)17-20-19-16(24-17)11-5-4-6-12(9-11)18(22)23/h2-10H,1H3,(H,22,23). The van der Waals surface area contributed by atoms with Gasteiger partial charge in [-0.1, -0.05) is 24.3 Å². The molecule has 0 saturated carbocycles. The zero-order chi connectivity index (χ0) is 16.7. The van der Waals surface area contributed by atoms with Crippen molar-refractivity contribution in [3.63, 3.8) is 0 Å². The minimum Gasteiger partial charge on any atom is -0.478 e. The molecule has 0 spiro atoms. The highest BCUT2D eigenvalue weighted by Crippen LogP contribution is 2.31. The number of benzene rings is 2. The number of nitrogens with zero attached hydrogens (tertiary/aromatic N) is 3. The molecule has 4 aromatic rings. The molecule has 2 aromatic heterocycles. The van der Waals surface area contributed by atoms with Gasteiger partial charge in [-0.25, -0.2) is 4.79 Å². The third-order valence-corrected chi connectivity index (χ3v) is 3.91. The van der Waals surface area contributed by atoms with Crippen molar-refractivity contribution in [1.82, 2.24) is 14.8 Å². The summed E-state index contributed by atoms with van der Waals surface area (Å²) >= 11 is 0. The first-order valence-corrected chi connectivity index (χ1v) is 7.35. The predicted octanol–water partition coefficient (Wildman–Crippen LogP) is 3.59. The van der Waals surface area contributed by atoms with Gasteiger partial charge in [0.05, 0.1) is 11.1 Å². The second-order valence-electron chi connectivity index (χ2n) is 5.47. The summed E-state index contributed by atoms with van der Waals surface area (Å²) in [5, 5.41) is 18.3. The van der Waals surface area contributed by atoms with Crippen LogP contribution in [0.25, 0.3) is 33.8 Å². The average Bonchev–Trinajstić information content (AvgIpc) is 3.21. The molecule has 6 nitrogen and oxygen atoms in total. The van der Waals surface area contributed by atoms with Crippen molar-refractivity contribution < 1.29 is 14.3 Å². The van der Waals surface area contributed by atoms with E-state index in [1.165, 1.54) is 12.1 Å². The first-order valence-electron chi connectivity index (χ1n) is 7.35. The van der Waals surface area contributed by atoms with Crippen molar-refractivity contribution in [2.75, 3.05) is 0 Å². The minimum atomic E-state index is -0.995. The third kappa shape index (κ3) is 2.25. The van der Waals surface area contributed by atoms with Gasteiger partial charge < -0.3 is 14.1 Å². The Morgan fingerprint density at radius 1 is 1.08 bits per heavy atom. The van der Waals surface area contributed by atoms with Gasteiger partial charge in [-0.3, -0.25) is 0 Å². The van der Waals surface area contributed by atoms with Crippen LogP contribution in [-0.4, -0.2) is 25.8 Å². The highest BCUT2D eigenvalue weighted by atomic mass is 16.4. The molecule has 0 saturated heterocycles. The Kier molecular flexibility index (Phi) is 3.16. The molecule has 0 fully saturated rings. The fourth-order valence-electron chi connectivity index (χ4n) is 2.75. The quantitative estimate of drug-likeness (QED) is 0.624. The van der Waals surface area contributed by atoms with Crippen LogP contribution in [0.1, 0.15) is 10.4 Å². The molecular formula is C18H13N3O3. The van der Waals surface area contributed by atoms with E-state index in [9.17, 15) is 4.79 Å². The van der Waals surface area contributed by atoms with Crippen LogP contribution < -0.4 is 0 Å². The first kappa shape index (κ1) is 14.2. The summed E-state index contributed by atoms with van der Waals surface area (Å²) in [6.45, 7) is 0. The summed E-state index contributed by atoms with van der Waals surface area (Å²) in [7, 11) is 1.96. The molecule has 1 N–H and O–H groups in total. The molecule has 0 atom stereocenters. The van der Waals surface area contributed by atoms with Gasteiger partial charge in [0.25, 0.3) is 0 Å². The molecule has 2 heterocycles. The van der Waals surface area contributed by atoms with Crippen LogP contribution in [0.4, 0.5) is 0 Å². The predicted molar refractivity (Wildman–Crippen MR) is 88.6 cm³/mol. The Bertz CT molecular complexity index is 1060. The van der Waals surface area contributed by atoms with Crippen LogP contribution >= 0.6 is 0 Å². The molecule has 2 aromatic carbocycles. The van der Waals surface area contributed by atoms with Crippen molar-refractivity contribution in [2.45, 2.75) is 0 Å². The normalized spacial score (nSPS) is 11.0. The SMILES string of the molecule is Cn1cc(-c2nnc(-c3cccc(C(=O)O)c3)o2)c2ccccc21. The second-order valence-corrected chi connectivity index (χ2v) is 5.47. The molecule has 0 aliphatic rings. The van der Waals surface area contributed by atoms with Gasteiger partial charge in [-0.15, -0.1) is 10.2 Å². The molecule has 0 radical (unpaired) electrons. The lowest BCUT2D eigenvalue weighted by molar-refractivity contribution is 0.0697. The number of para-hydroxylation sites is 1. The smallest absolute Gasteiger partial charge is 0.335 e. The number of aryl methyl sites for hydroxylation is 1. The molecule has 6 heteroatoms. The van der Waals surface area contributed by atoms with Gasteiger partial charge >= 0.3 is 5.97 Å². The summed E-state index contributed by atoms with van der Waals surface area (Å²) in [4.78, 5) is 11.1. The zero-order valence-electron chi connectivity index (χ0n) is 12.8. The van der Waals surface area contributed by atoms with Gasteiger partial charge in [0.2, 0.25) is 11.8 Å². The maximum Gasteiger partial charge on any atom is 0.335 e. The van der Waals surface area contributed by atoms with E-state index >= 15 is 0 Å². The maximum absolute atomic E-state index is 11.1. The zero-order valence-corrected chi connectivity index (χ0v) is 12.8. The van der Waals surface area contributed by atoms with Crippen LogP contribution in [0.5, 0.6) is 0 Å². The molecule has 0 unspecified atom stereocenters. The van der Waals surface area contributed by atoms with Gasteiger partial charge in [0, 0.05) is 29.7 Å². The van der Waals surface area contributed by atoms with Crippen molar-refractivity contribution >= 4 is 16.9 Å². The fourth-order valence-corrected chi connectivity index (χ4v) is 2.75. The lowest BCUT2D eigenvalue weighted by atomic mass is 10.1. The number of carboxylic acids is 1. The number of aromatic carboxylic acids is 1. The minimum absolute atomic E-state index is 0.178. The lowest BCUT2D eigenvalue weighted by Gasteiger charge is -1.97. The van der Waals surface area contributed by atoms with Gasteiger partial charge in [-0.05, 0) is 24.3 Å². The summed E-state index contributed by atoms with van der Waals surface area (Å²) < 4.78 is 7.78. The Morgan fingerprint density at radius 3 is 2.71 bits per heavy atom. The van der Waals surface area contributed by atoms with E-state index in [0.717, 1.165) is 16.5 Å².